The van der Waals surface area contributed by atoms with Crippen molar-refractivity contribution in [3.05, 3.63) is 148 Å². The van der Waals surface area contributed by atoms with E-state index in [1.54, 1.807) is 0 Å². The van der Waals surface area contributed by atoms with Crippen molar-refractivity contribution in [2.75, 3.05) is 12.3 Å². The molecule has 0 aromatic heterocycles. The van der Waals surface area contributed by atoms with Crippen LogP contribution in [0.25, 0.3) is 0 Å². The van der Waals surface area contributed by atoms with Crippen LogP contribution in [0.15, 0.2) is 121 Å². The van der Waals surface area contributed by atoms with Gasteiger partial charge in [0.25, 0.3) is 0 Å². The van der Waals surface area contributed by atoms with Crippen LogP contribution in [0.1, 0.15) is 0 Å². The molecule has 7 heteroatoms. The second kappa shape index (κ2) is 24.9. The SMILES string of the molecule is [C-]#[O+].[C-]#[O+].[C-]#[O+].[C-]#[O+].[Cr].c1ccc(P(CCP(c2ccccc2)c2ccccc2)c2ccccc2)cc1. The van der Waals surface area contributed by atoms with E-state index in [-0.39, 0.29) is 33.2 Å². The average molecular weight is 562 g/mol. The molecule has 0 N–H and O–H groups in total. The van der Waals surface area contributed by atoms with Gasteiger partial charge in [0.05, 0.1) is 0 Å². The fourth-order valence-electron chi connectivity index (χ4n) is 3.45. The van der Waals surface area contributed by atoms with Crippen LogP contribution in [-0.4, -0.2) is 12.3 Å². The van der Waals surface area contributed by atoms with Gasteiger partial charge in [-0.3, -0.25) is 0 Å². The van der Waals surface area contributed by atoms with Crippen molar-refractivity contribution in [2.45, 2.75) is 0 Å². The van der Waals surface area contributed by atoms with Crippen molar-refractivity contribution >= 4 is 37.1 Å². The normalized spacial score (nSPS) is 8.59. The summed E-state index contributed by atoms with van der Waals surface area (Å²) in [4.78, 5) is 0. The van der Waals surface area contributed by atoms with Crippen LogP contribution in [0.2, 0.25) is 0 Å². The van der Waals surface area contributed by atoms with E-state index in [1.807, 2.05) is 0 Å². The molecule has 0 amide bonds. The zero-order valence-electron chi connectivity index (χ0n) is 19.9. The van der Waals surface area contributed by atoms with Gasteiger partial charge < -0.3 is 0 Å². The third kappa shape index (κ3) is 12.8. The Bertz CT molecular complexity index is 964. The van der Waals surface area contributed by atoms with Crippen molar-refractivity contribution in [3.63, 3.8) is 0 Å². The Morgan fingerprint density at radius 3 is 0.676 bits per heavy atom. The largest absolute Gasteiger partial charge is 0.0622 e. The molecule has 184 valence electrons. The van der Waals surface area contributed by atoms with E-state index in [9.17, 15) is 0 Å². The molecule has 0 heterocycles. The van der Waals surface area contributed by atoms with Gasteiger partial charge in [0, 0.05) is 17.4 Å². The van der Waals surface area contributed by atoms with E-state index < -0.39 is 0 Å². The molecule has 37 heavy (non-hydrogen) atoms. The quantitative estimate of drug-likeness (QED) is 0.171. The van der Waals surface area contributed by atoms with Crippen LogP contribution in [0.5, 0.6) is 0 Å². The number of benzene rings is 4. The van der Waals surface area contributed by atoms with E-state index in [0.29, 0.717) is 0 Å². The molecule has 0 aliphatic carbocycles. The average Bonchev–Trinajstić information content (AvgIpc) is 3.01. The second-order valence-corrected chi connectivity index (χ2v) is 11.3. The molecule has 0 aliphatic rings. The molecule has 0 spiro atoms. The van der Waals surface area contributed by atoms with Crippen LogP contribution in [0, 0.1) is 26.6 Å². The van der Waals surface area contributed by atoms with E-state index in [1.165, 1.54) is 33.5 Å². The van der Waals surface area contributed by atoms with Gasteiger partial charge in [-0.05, 0) is 49.4 Å². The molecule has 4 aromatic carbocycles. The molecule has 0 radical (unpaired) electrons. The minimum absolute atomic E-state index is 0. The van der Waals surface area contributed by atoms with Crippen LogP contribution >= 0.6 is 15.8 Å². The van der Waals surface area contributed by atoms with Crippen LogP contribution in [-0.2, 0) is 36.0 Å². The topological polar surface area (TPSA) is 79.6 Å². The van der Waals surface area contributed by atoms with E-state index >= 15 is 0 Å². The Hall–Kier alpha value is -2.77. The Balaban J connectivity index is 0. The number of rotatable bonds is 7. The van der Waals surface area contributed by atoms with Gasteiger partial charge in [0.15, 0.2) is 0 Å². The first kappa shape index (κ1) is 36.4. The van der Waals surface area contributed by atoms with Gasteiger partial charge in [-0.1, -0.05) is 121 Å². The van der Waals surface area contributed by atoms with Crippen molar-refractivity contribution < 1.29 is 36.0 Å². The summed E-state index contributed by atoms with van der Waals surface area (Å²) in [5.74, 6) is 0. The van der Waals surface area contributed by atoms with E-state index in [2.05, 4.69) is 148 Å². The molecular formula is C30H24CrO4P2. The maximum atomic E-state index is 7.50. The van der Waals surface area contributed by atoms with Crippen molar-refractivity contribution in [1.29, 1.82) is 0 Å². The fourth-order valence-corrected chi connectivity index (χ4v) is 8.80. The molecule has 4 rings (SSSR count). The predicted molar refractivity (Wildman–Crippen MR) is 144 cm³/mol. The summed E-state index contributed by atoms with van der Waals surface area (Å²) in [6.07, 6.45) is 2.41. The van der Waals surface area contributed by atoms with Crippen LogP contribution in [0.4, 0.5) is 0 Å². The molecule has 0 unspecified atom stereocenters. The predicted octanol–water partition coefficient (Wildman–Crippen LogP) is 5.10. The summed E-state index contributed by atoms with van der Waals surface area (Å²) in [5.41, 5.74) is 0. The summed E-state index contributed by atoms with van der Waals surface area (Å²) in [6, 6.07) is 44.2. The summed E-state index contributed by atoms with van der Waals surface area (Å²) in [7, 11) is -0.696. The van der Waals surface area contributed by atoms with Gasteiger partial charge >= 0.3 is 45.2 Å². The van der Waals surface area contributed by atoms with Crippen LogP contribution < -0.4 is 21.2 Å². The molecule has 0 aliphatic heterocycles. The monoisotopic (exact) mass is 562 g/mol. The molecule has 4 aromatic rings. The van der Waals surface area contributed by atoms with Crippen molar-refractivity contribution in [3.8, 4) is 0 Å². The first-order valence-corrected chi connectivity index (χ1v) is 13.5. The molecule has 0 fully saturated rings. The Morgan fingerprint density at radius 2 is 0.514 bits per heavy atom. The van der Waals surface area contributed by atoms with Crippen LogP contribution in [0.3, 0.4) is 0 Å². The Labute approximate surface area is 232 Å². The van der Waals surface area contributed by atoms with Gasteiger partial charge in [-0.2, -0.15) is 0 Å². The first-order chi connectivity index (χ1) is 17.9. The van der Waals surface area contributed by atoms with Gasteiger partial charge in [0.2, 0.25) is 0 Å². The van der Waals surface area contributed by atoms with E-state index in [0.717, 1.165) is 0 Å². The number of hydrogen-bond donors (Lipinski definition) is 0. The summed E-state index contributed by atoms with van der Waals surface area (Å²) < 4.78 is 30.0. The maximum Gasteiger partial charge on any atom is 0 e. The minimum atomic E-state index is -0.348. The molecule has 0 saturated heterocycles. The first-order valence-electron chi connectivity index (χ1n) is 10.5. The van der Waals surface area contributed by atoms with Gasteiger partial charge in [0.1, 0.15) is 0 Å². The molecule has 0 saturated carbocycles. The second-order valence-electron chi connectivity index (χ2n) is 6.65. The minimum Gasteiger partial charge on any atom is -0.0622 e. The van der Waals surface area contributed by atoms with E-state index in [4.69, 9.17) is 18.6 Å². The number of hydrogen-bond acceptors (Lipinski definition) is 0. The fraction of sp³-hybridized carbons (Fsp3) is 0.0667. The summed E-state index contributed by atoms with van der Waals surface area (Å²) in [6.45, 7) is 18.0. The van der Waals surface area contributed by atoms with Gasteiger partial charge in [-0.25, -0.2) is 0 Å². The molecule has 4 nitrogen and oxygen atoms in total. The third-order valence-electron chi connectivity index (χ3n) is 4.82. The maximum absolute atomic E-state index is 7.50. The standard InChI is InChI=1S/C26H24P2.4CO.Cr/c1-5-13-23(14-6-1)27(24-15-7-2-8-16-24)21-22-28(25-17-9-3-10-18-25)26-19-11-4-12-20-26;4*1-2;/h1-20H,21-22H2;;;;;. The zero-order valence-corrected chi connectivity index (χ0v) is 23.0. The van der Waals surface area contributed by atoms with Gasteiger partial charge in [-0.15, -0.1) is 0 Å². The smallest absolute Gasteiger partial charge is 0 e. The summed E-state index contributed by atoms with van der Waals surface area (Å²) >= 11 is 0. The zero-order chi connectivity index (χ0) is 27.0. The van der Waals surface area contributed by atoms with Crippen molar-refractivity contribution in [1.82, 2.24) is 0 Å². The summed E-state index contributed by atoms with van der Waals surface area (Å²) in [5, 5.41) is 5.89. The molecule has 0 bridgehead atoms. The Morgan fingerprint density at radius 1 is 0.351 bits per heavy atom. The Kier molecular flexibility index (Phi) is 24.5. The molecular weight excluding hydrogens is 538 g/mol. The molecule has 0 atom stereocenters. The third-order valence-corrected chi connectivity index (χ3v) is 10.2. The van der Waals surface area contributed by atoms with Crippen molar-refractivity contribution in [2.24, 2.45) is 0 Å².